The van der Waals surface area contributed by atoms with Crippen LogP contribution in [0.15, 0.2) is 24.3 Å². The molecule has 0 heterocycles. The number of ether oxygens (including phenoxy) is 2. The maximum Gasteiger partial charge on any atom is 0.573 e. The van der Waals surface area contributed by atoms with Gasteiger partial charge in [-0.3, -0.25) is 0 Å². The van der Waals surface area contributed by atoms with Crippen molar-refractivity contribution in [1.82, 2.24) is 0 Å². The van der Waals surface area contributed by atoms with Crippen LogP contribution in [0.3, 0.4) is 0 Å². The molecule has 1 aromatic rings. The molecule has 2 unspecified atom stereocenters. The lowest BCUT2D eigenvalue weighted by Crippen LogP contribution is -2.38. The van der Waals surface area contributed by atoms with Crippen molar-refractivity contribution in [3.63, 3.8) is 0 Å². The molecule has 1 aromatic carbocycles. The first-order valence-corrected chi connectivity index (χ1v) is 6.57. The van der Waals surface area contributed by atoms with E-state index >= 15 is 0 Å². The maximum atomic E-state index is 12.0. The van der Waals surface area contributed by atoms with Crippen molar-refractivity contribution in [1.29, 1.82) is 0 Å². The average Bonchev–Trinajstić information content (AvgIpc) is 2.36. The van der Waals surface area contributed by atoms with E-state index in [2.05, 4.69) is 4.74 Å². The molecule has 0 amide bonds. The van der Waals surface area contributed by atoms with Crippen LogP contribution < -0.4 is 10.5 Å². The first-order valence-electron chi connectivity index (χ1n) is 6.57. The normalized spacial score (nSPS) is 14.9. The summed E-state index contributed by atoms with van der Waals surface area (Å²) in [7, 11) is 0. The van der Waals surface area contributed by atoms with E-state index in [1.807, 2.05) is 13.8 Å². The van der Waals surface area contributed by atoms with Crippen molar-refractivity contribution in [3.8, 4) is 5.75 Å². The van der Waals surface area contributed by atoms with Gasteiger partial charge in [0.25, 0.3) is 0 Å². The van der Waals surface area contributed by atoms with Crippen molar-refractivity contribution in [2.45, 2.75) is 45.2 Å². The molecule has 20 heavy (non-hydrogen) atoms. The molecule has 0 aliphatic carbocycles. The quantitative estimate of drug-likeness (QED) is 0.838. The Bertz CT molecular complexity index is 392. The number of benzene rings is 1. The van der Waals surface area contributed by atoms with Crippen LogP contribution in [0.2, 0.25) is 0 Å². The number of rotatable bonds is 7. The summed E-state index contributed by atoms with van der Waals surface area (Å²) in [6.07, 6.45) is -3.37. The summed E-state index contributed by atoms with van der Waals surface area (Å²) in [5.74, 6) is -0.230. The molecule has 0 spiro atoms. The lowest BCUT2D eigenvalue weighted by atomic mass is 10.0. The topological polar surface area (TPSA) is 44.5 Å². The van der Waals surface area contributed by atoms with E-state index in [0.29, 0.717) is 13.0 Å². The summed E-state index contributed by atoms with van der Waals surface area (Å²) in [5.41, 5.74) is 6.90. The number of nitrogens with two attached hydrogens (primary N) is 1. The fraction of sp³-hybridized carbons (Fsp3) is 0.571. The summed E-state index contributed by atoms with van der Waals surface area (Å²) in [5, 5.41) is 0. The molecule has 0 aliphatic heterocycles. The highest BCUT2D eigenvalue weighted by Crippen LogP contribution is 2.23. The van der Waals surface area contributed by atoms with E-state index in [9.17, 15) is 13.2 Å². The number of halogens is 3. The van der Waals surface area contributed by atoms with E-state index in [-0.39, 0.29) is 17.9 Å². The van der Waals surface area contributed by atoms with E-state index < -0.39 is 6.36 Å². The molecule has 0 radical (unpaired) electrons. The fourth-order valence-electron chi connectivity index (χ4n) is 1.99. The van der Waals surface area contributed by atoms with Crippen molar-refractivity contribution in [3.05, 3.63) is 29.8 Å². The molecular formula is C14H20F3NO2. The fourth-order valence-corrected chi connectivity index (χ4v) is 1.99. The van der Waals surface area contributed by atoms with Gasteiger partial charge in [-0.1, -0.05) is 19.1 Å². The summed E-state index contributed by atoms with van der Waals surface area (Å²) in [4.78, 5) is 0. The monoisotopic (exact) mass is 291 g/mol. The lowest BCUT2D eigenvalue weighted by molar-refractivity contribution is -0.274. The Balaban J connectivity index is 2.60. The van der Waals surface area contributed by atoms with Gasteiger partial charge in [0.1, 0.15) is 5.75 Å². The predicted octanol–water partition coefficient (Wildman–Crippen LogP) is 3.27. The van der Waals surface area contributed by atoms with Gasteiger partial charge in [-0.25, -0.2) is 0 Å². The van der Waals surface area contributed by atoms with Gasteiger partial charge in [0.15, 0.2) is 0 Å². The molecule has 0 aliphatic rings. The second kappa shape index (κ2) is 7.50. The molecule has 1 rings (SSSR count). The minimum absolute atomic E-state index is 0.0499. The van der Waals surface area contributed by atoms with E-state index in [0.717, 1.165) is 12.0 Å². The minimum Gasteiger partial charge on any atom is -0.406 e. The van der Waals surface area contributed by atoms with Crippen molar-refractivity contribution >= 4 is 0 Å². The Morgan fingerprint density at radius 1 is 1.15 bits per heavy atom. The summed E-state index contributed by atoms with van der Waals surface area (Å²) in [6, 6.07) is 5.56. The van der Waals surface area contributed by atoms with Crippen molar-refractivity contribution < 1.29 is 22.6 Å². The molecule has 3 nitrogen and oxygen atoms in total. The zero-order valence-electron chi connectivity index (χ0n) is 11.6. The minimum atomic E-state index is -4.67. The second-order valence-corrected chi connectivity index (χ2v) is 4.46. The van der Waals surface area contributed by atoms with Gasteiger partial charge in [-0.2, -0.15) is 0 Å². The van der Waals surface area contributed by atoms with Gasteiger partial charge >= 0.3 is 6.36 Å². The van der Waals surface area contributed by atoms with Crippen LogP contribution in [-0.4, -0.2) is 25.1 Å². The zero-order valence-corrected chi connectivity index (χ0v) is 11.6. The van der Waals surface area contributed by atoms with E-state index in [1.165, 1.54) is 12.1 Å². The molecule has 6 heteroatoms. The van der Waals surface area contributed by atoms with Crippen LogP contribution >= 0.6 is 0 Å². The Kier molecular flexibility index (Phi) is 6.29. The first-order chi connectivity index (χ1) is 9.35. The Morgan fingerprint density at radius 3 is 2.20 bits per heavy atom. The van der Waals surface area contributed by atoms with Crippen molar-refractivity contribution in [2.24, 2.45) is 5.73 Å². The highest BCUT2D eigenvalue weighted by molar-refractivity contribution is 5.28. The third-order valence-corrected chi connectivity index (χ3v) is 2.89. The third kappa shape index (κ3) is 5.79. The van der Waals surface area contributed by atoms with Gasteiger partial charge in [-0.15, -0.1) is 13.2 Å². The maximum absolute atomic E-state index is 12.0. The summed E-state index contributed by atoms with van der Waals surface area (Å²) < 4.78 is 45.4. The van der Waals surface area contributed by atoms with Gasteiger partial charge in [0.05, 0.1) is 6.10 Å². The standard InChI is InChI=1S/C14H20F3NO2/c1-3-13(19-4-2)12(18)9-10-5-7-11(8-6-10)20-14(15,16)17/h5-8,12-13H,3-4,9,18H2,1-2H3. The van der Waals surface area contributed by atoms with Crippen LogP contribution in [0.4, 0.5) is 13.2 Å². The second-order valence-electron chi connectivity index (χ2n) is 4.46. The Labute approximate surface area is 116 Å². The molecule has 0 aromatic heterocycles. The van der Waals surface area contributed by atoms with Gasteiger partial charge < -0.3 is 15.2 Å². The highest BCUT2D eigenvalue weighted by Gasteiger charge is 2.31. The third-order valence-electron chi connectivity index (χ3n) is 2.89. The molecule has 2 atom stereocenters. The van der Waals surface area contributed by atoms with Gasteiger partial charge in [0.2, 0.25) is 0 Å². The first kappa shape index (κ1) is 16.8. The van der Waals surface area contributed by atoms with Crippen LogP contribution in [-0.2, 0) is 11.2 Å². The molecule has 2 N–H and O–H groups in total. The van der Waals surface area contributed by atoms with Crippen LogP contribution in [0.1, 0.15) is 25.8 Å². The van der Waals surface area contributed by atoms with Crippen LogP contribution in [0.25, 0.3) is 0 Å². The molecule has 0 saturated carbocycles. The lowest BCUT2D eigenvalue weighted by Gasteiger charge is -2.22. The van der Waals surface area contributed by atoms with Crippen LogP contribution in [0, 0.1) is 0 Å². The zero-order chi connectivity index (χ0) is 15.2. The predicted molar refractivity (Wildman–Crippen MR) is 70.5 cm³/mol. The SMILES string of the molecule is CCOC(CC)C(N)Cc1ccc(OC(F)(F)F)cc1. The smallest absolute Gasteiger partial charge is 0.406 e. The molecule has 0 bridgehead atoms. The highest BCUT2D eigenvalue weighted by atomic mass is 19.4. The number of hydrogen-bond donors (Lipinski definition) is 1. The van der Waals surface area contributed by atoms with Crippen LogP contribution in [0.5, 0.6) is 5.75 Å². The largest absolute Gasteiger partial charge is 0.573 e. The van der Waals surface area contributed by atoms with Gasteiger partial charge in [-0.05, 0) is 37.5 Å². The van der Waals surface area contributed by atoms with E-state index in [1.54, 1.807) is 12.1 Å². The van der Waals surface area contributed by atoms with Gasteiger partial charge in [0, 0.05) is 12.6 Å². The molecule has 114 valence electrons. The van der Waals surface area contributed by atoms with E-state index in [4.69, 9.17) is 10.5 Å². The summed E-state index contributed by atoms with van der Waals surface area (Å²) in [6.45, 7) is 4.48. The Hall–Kier alpha value is -1.27. The molecule has 0 fully saturated rings. The Morgan fingerprint density at radius 2 is 1.75 bits per heavy atom. The molecular weight excluding hydrogens is 271 g/mol. The summed E-state index contributed by atoms with van der Waals surface area (Å²) >= 11 is 0. The average molecular weight is 291 g/mol. The number of hydrogen-bond acceptors (Lipinski definition) is 3. The molecule has 0 saturated heterocycles. The number of alkyl halides is 3. The van der Waals surface area contributed by atoms with Crippen molar-refractivity contribution in [2.75, 3.05) is 6.61 Å².